The summed E-state index contributed by atoms with van der Waals surface area (Å²) in [5.74, 6) is 0.444. The van der Waals surface area contributed by atoms with Crippen LogP contribution in [-0.4, -0.2) is 5.16 Å². The van der Waals surface area contributed by atoms with Gasteiger partial charge in [0.15, 0.2) is 5.76 Å². The summed E-state index contributed by atoms with van der Waals surface area (Å²) in [7, 11) is 0. The van der Waals surface area contributed by atoms with Gasteiger partial charge in [0.1, 0.15) is 0 Å². The third kappa shape index (κ3) is 2.73. The van der Waals surface area contributed by atoms with E-state index in [0.717, 1.165) is 6.07 Å². The number of hydrogen-bond acceptors (Lipinski definition) is 4. The molecule has 0 amide bonds. The third-order valence-corrected chi connectivity index (χ3v) is 2.29. The second-order valence-electron chi connectivity index (χ2n) is 3.64. The summed E-state index contributed by atoms with van der Waals surface area (Å²) >= 11 is 0. The van der Waals surface area contributed by atoms with Crippen LogP contribution < -0.4 is 11.1 Å². The average Bonchev–Trinajstić information content (AvgIpc) is 2.79. The van der Waals surface area contributed by atoms with E-state index < -0.39 is 11.7 Å². The molecule has 0 saturated heterocycles. The number of benzene rings is 1. The first-order chi connectivity index (χ1) is 8.47. The third-order valence-electron chi connectivity index (χ3n) is 2.29. The van der Waals surface area contributed by atoms with Crippen molar-refractivity contribution in [2.24, 2.45) is 0 Å². The van der Waals surface area contributed by atoms with E-state index in [1.807, 2.05) is 0 Å². The predicted octanol–water partition coefficient (Wildman–Crippen LogP) is 2.89. The number of nitrogens with one attached hydrogen (secondary N) is 1. The van der Waals surface area contributed by atoms with Crippen LogP contribution >= 0.6 is 0 Å². The molecule has 0 aliphatic rings. The van der Waals surface area contributed by atoms with Crippen molar-refractivity contribution in [1.82, 2.24) is 5.16 Å². The van der Waals surface area contributed by atoms with E-state index >= 15 is 0 Å². The molecule has 0 aliphatic carbocycles. The molecule has 2 rings (SSSR count). The maximum absolute atomic E-state index is 12.8. The van der Waals surface area contributed by atoms with Gasteiger partial charge in [0.05, 0.1) is 18.3 Å². The summed E-state index contributed by atoms with van der Waals surface area (Å²) in [6.07, 6.45) is -3.04. The lowest BCUT2D eigenvalue weighted by atomic mass is 10.1. The van der Waals surface area contributed by atoms with Gasteiger partial charge in [-0.15, -0.1) is 0 Å². The lowest BCUT2D eigenvalue weighted by Crippen LogP contribution is -2.11. The Morgan fingerprint density at radius 3 is 2.67 bits per heavy atom. The number of nitrogen functional groups attached to an aromatic ring is 1. The molecule has 0 radical (unpaired) electrons. The Morgan fingerprint density at radius 1 is 1.28 bits per heavy atom. The smallest absolute Gasteiger partial charge is 0.399 e. The maximum Gasteiger partial charge on any atom is 0.418 e. The van der Waals surface area contributed by atoms with Crippen LogP contribution in [0.25, 0.3) is 0 Å². The summed E-state index contributed by atoms with van der Waals surface area (Å²) in [6.45, 7) is 0.118. The zero-order valence-electron chi connectivity index (χ0n) is 9.16. The van der Waals surface area contributed by atoms with Gasteiger partial charge in [0.25, 0.3) is 0 Å². The van der Waals surface area contributed by atoms with Gasteiger partial charge in [-0.05, 0) is 18.2 Å². The van der Waals surface area contributed by atoms with E-state index in [4.69, 9.17) is 10.3 Å². The first-order valence-electron chi connectivity index (χ1n) is 5.07. The maximum atomic E-state index is 12.8. The van der Waals surface area contributed by atoms with Gasteiger partial charge >= 0.3 is 6.18 Å². The van der Waals surface area contributed by atoms with Gasteiger partial charge in [0, 0.05) is 17.4 Å². The Kier molecular flexibility index (Phi) is 3.14. The number of rotatable bonds is 3. The molecule has 18 heavy (non-hydrogen) atoms. The molecule has 1 aromatic carbocycles. The van der Waals surface area contributed by atoms with Crippen molar-refractivity contribution in [2.75, 3.05) is 11.1 Å². The second-order valence-corrected chi connectivity index (χ2v) is 3.64. The van der Waals surface area contributed by atoms with E-state index in [1.54, 1.807) is 6.07 Å². The van der Waals surface area contributed by atoms with Crippen LogP contribution in [0.5, 0.6) is 0 Å². The van der Waals surface area contributed by atoms with Crippen LogP contribution in [0.3, 0.4) is 0 Å². The molecule has 0 bridgehead atoms. The van der Waals surface area contributed by atoms with Crippen molar-refractivity contribution in [3.05, 3.63) is 41.8 Å². The van der Waals surface area contributed by atoms with E-state index in [2.05, 4.69) is 10.5 Å². The standard InChI is InChI=1S/C11H10F3N3O/c12-11(13,14)9-5-7(15)1-2-10(9)16-6-8-3-4-17-18-8/h1-5,16H,6,15H2. The Hall–Kier alpha value is -2.18. The fourth-order valence-electron chi connectivity index (χ4n) is 1.47. The van der Waals surface area contributed by atoms with Crippen molar-refractivity contribution >= 4 is 11.4 Å². The average molecular weight is 257 g/mol. The first kappa shape index (κ1) is 12.3. The van der Waals surface area contributed by atoms with Crippen molar-refractivity contribution in [3.8, 4) is 0 Å². The Bertz CT molecular complexity index is 523. The number of anilines is 2. The van der Waals surface area contributed by atoms with Gasteiger partial charge in [-0.2, -0.15) is 13.2 Å². The highest BCUT2D eigenvalue weighted by Crippen LogP contribution is 2.36. The van der Waals surface area contributed by atoms with Crippen LogP contribution in [0, 0.1) is 0 Å². The second kappa shape index (κ2) is 4.59. The molecule has 0 atom stereocenters. The van der Waals surface area contributed by atoms with Crippen LogP contribution in [0.15, 0.2) is 35.0 Å². The minimum atomic E-state index is -4.46. The minimum Gasteiger partial charge on any atom is -0.399 e. The van der Waals surface area contributed by atoms with Gasteiger partial charge < -0.3 is 15.6 Å². The van der Waals surface area contributed by atoms with Gasteiger partial charge in [0.2, 0.25) is 0 Å². The van der Waals surface area contributed by atoms with Gasteiger partial charge in [-0.25, -0.2) is 0 Å². The monoisotopic (exact) mass is 257 g/mol. The highest BCUT2D eigenvalue weighted by molar-refractivity contribution is 5.59. The number of aromatic nitrogens is 1. The summed E-state index contributed by atoms with van der Waals surface area (Å²) in [4.78, 5) is 0. The first-order valence-corrected chi connectivity index (χ1v) is 5.07. The van der Waals surface area contributed by atoms with Crippen LogP contribution in [-0.2, 0) is 12.7 Å². The zero-order chi connectivity index (χ0) is 13.2. The summed E-state index contributed by atoms with van der Waals surface area (Å²) in [6, 6.07) is 5.15. The molecule has 3 N–H and O–H groups in total. The highest BCUT2D eigenvalue weighted by Gasteiger charge is 2.33. The highest BCUT2D eigenvalue weighted by atomic mass is 19.4. The minimum absolute atomic E-state index is 0.0481. The molecule has 0 saturated carbocycles. The van der Waals surface area contributed by atoms with Crippen molar-refractivity contribution in [2.45, 2.75) is 12.7 Å². The Labute approximate surface area is 101 Å². The summed E-state index contributed by atoms with van der Waals surface area (Å²) in [5.41, 5.74) is 4.57. The van der Waals surface area contributed by atoms with E-state index in [1.165, 1.54) is 18.3 Å². The van der Waals surface area contributed by atoms with E-state index in [0.29, 0.717) is 5.76 Å². The number of nitrogens with two attached hydrogens (primary N) is 1. The van der Waals surface area contributed by atoms with E-state index in [-0.39, 0.29) is 17.9 Å². The number of hydrogen-bond donors (Lipinski definition) is 2. The van der Waals surface area contributed by atoms with Crippen molar-refractivity contribution in [3.63, 3.8) is 0 Å². The van der Waals surface area contributed by atoms with Crippen molar-refractivity contribution in [1.29, 1.82) is 0 Å². The lowest BCUT2D eigenvalue weighted by Gasteiger charge is -2.14. The van der Waals surface area contributed by atoms with Crippen molar-refractivity contribution < 1.29 is 17.7 Å². The molecule has 0 aliphatic heterocycles. The number of halogens is 3. The fraction of sp³-hybridized carbons (Fsp3) is 0.182. The molecule has 96 valence electrons. The normalized spacial score (nSPS) is 11.5. The molecule has 0 fully saturated rings. The molecular formula is C11H10F3N3O. The molecule has 7 heteroatoms. The number of nitrogens with zero attached hydrogens (tertiary/aromatic N) is 1. The molecular weight excluding hydrogens is 247 g/mol. The molecule has 0 unspecified atom stereocenters. The van der Waals surface area contributed by atoms with Gasteiger partial charge in [-0.3, -0.25) is 0 Å². The quantitative estimate of drug-likeness (QED) is 0.830. The number of alkyl halides is 3. The summed E-state index contributed by atoms with van der Waals surface area (Å²) < 4.78 is 43.1. The van der Waals surface area contributed by atoms with E-state index in [9.17, 15) is 13.2 Å². The lowest BCUT2D eigenvalue weighted by molar-refractivity contribution is -0.136. The Balaban J connectivity index is 2.22. The predicted molar refractivity (Wildman–Crippen MR) is 59.7 cm³/mol. The molecule has 1 aromatic heterocycles. The van der Waals surface area contributed by atoms with Crippen LogP contribution in [0.1, 0.15) is 11.3 Å². The summed E-state index contributed by atoms with van der Waals surface area (Å²) in [5, 5.41) is 6.10. The van der Waals surface area contributed by atoms with Gasteiger partial charge in [-0.1, -0.05) is 5.16 Å². The van der Waals surface area contributed by atoms with Crippen LogP contribution in [0.4, 0.5) is 24.5 Å². The zero-order valence-corrected chi connectivity index (χ0v) is 9.16. The molecule has 0 spiro atoms. The Morgan fingerprint density at radius 2 is 2.06 bits per heavy atom. The molecule has 1 heterocycles. The van der Waals surface area contributed by atoms with Crippen LogP contribution in [0.2, 0.25) is 0 Å². The largest absolute Gasteiger partial charge is 0.418 e. The fourth-order valence-corrected chi connectivity index (χ4v) is 1.47. The SMILES string of the molecule is Nc1ccc(NCc2ccno2)c(C(F)(F)F)c1. The molecule has 4 nitrogen and oxygen atoms in total. The topological polar surface area (TPSA) is 64.1 Å². The molecule has 2 aromatic rings.